The van der Waals surface area contributed by atoms with Crippen molar-refractivity contribution in [1.29, 1.82) is 0 Å². The van der Waals surface area contributed by atoms with Crippen LogP contribution in [0.25, 0.3) is 6.08 Å². The third-order valence-electron chi connectivity index (χ3n) is 5.90. The van der Waals surface area contributed by atoms with Crippen molar-refractivity contribution < 1.29 is 14.4 Å². The molecule has 0 aliphatic carbocycles. The van der Waals surface area contributed by atoms with Crippen LogP contribution in [0.3, 0.4) is 0 Å². The van der Waals surface area contributed by atoms with E-state index in [1.54, 1.807) is 42.5 Å². The summed E-state index contributed by atoms with van der Waals surface area (Å²) in [5, 5.41) is 8.19. The minimum Gasteiger partial charge on any atom is -0.325 e. The average Bonchev–Trinajstić information content (AvgIpc) is 2.95. The van der Waals surface area contributed by atoms with E-state index < -0.39 is 5.91 Å². The molecule has 0 saturated heterocycles. The van der Waals surface area contributed by atoms with Gasteiger partial charge in [-0.25, -0.2) is 0 Å². The molecule has 4 aromatic carbocycles. The number of carbonyl (C=O) groups is 3. The Labute approximate surface area is 246 Å². The van der Waals surface area contributed by atoms with Crippen molar-refractivity contribution in [3.8, 4) is 0 Å². The fourth-order valence-corrected chi connectivity index (χ4v) is 4.92. The predicted octanol–water partition coefficient (Wildman–Crippen LogP) is 7.29. The zero-order valence-corrected chi connectivity index (χ0v) is 24.4. The van der Waals surface area contributed by atoms with Gasteiger partial charge in [-0.15, -0.1) is 11.8 Å². The van der Waals surface area contributed by atoms with E-state index in [-0.39, 0.29) is 22.8 Å². The summed E-state index contributed by atoms with van der Waals surface area (Å²) in [7, 11) is 0. The summed E-state index contributed by atoms with van der Waals surface area (Å²) < 4.78 is 0.934. The van der Waals surface area contributed by atoms with Crippen molar-refractivity contribution in [3.05, 3.63) is 130 Å². The lowest BCUT2D eigenvalue weighted by molar-refractivity contribution is -0.115. The van der Waals surface area contributed by atoms with Crippen LogP contribution in [0.15, 0.2) is 118 Å². The maximum atomic E-state index is 13.4. The molecule has 0 radical (unpaired) electrons. The number of hydrogen-bond donors (Lipinski definition) is 3. The third kappa shape index (κ3) is 8.18. The van der Waals surface area contributed by atoms with Gasteiger partial charge >= 0.3 is 0 Å². The van der Waals surface area contributed by atoms with Crippen LogP contribution in [0.4, 0.5) is 11.4 Å². The molecule has 202 valence electrons. The van der Waals surface area contributed by atoms with Crippen molar-refractivity contribution in [1.82, 2.24) is 5.32 Å². The van der Waals surface area contributed by atoms with Gasteiger partial charge in [-0.1, -0.05) is 64.5 Å². The monoisotopic (exact) mass is 613 g/mol. The maximum absolute atomic E-state index is 13.4. The summed E-state index contributed by atoms with van der Waals surface area (Å²) in [6.45, 7) is 3.77. The van der Waals surface area contributed by atoms with Crippen LogP contribution in [0, 0.1) is 6.92 Å². The molecule has 0 saturated carbocycles. The molecule has 4 rings (SSSR count). The first kappa shape index (κ1) is 28.9. The number of benzene rings is 4. The highest BCUT2D eigenvalue weighted by atomic mass is 79.9. The average molecular weight is 615 g/mol. The third-order valence-corrected chi connectivity index (χ3v) is 7.53. The lowest BCUT2D eigenvalue weighted by atomic mass is 10.1. The highest BCUT2D eigenvalue weighted by molar-refractivity contribution is 9.10. The first-order chi connectivity index (χ1) is 19.3. The predicted molar refractivity (Wildman–Crippen MR) is 166 cm³/mol. The molecule has 40 heavy (non-hydrogen) atoms. The molecule has 0 fully saturated rings. The van der Waals surface area contributed by atoms with Crippen LogP contribution in [0.1, 0.15) is 28.4 Å². The minimum atomic E-state index is -0.462. The molecule has 0 aliphatic heterocycles. The Balaban J connectivity index is 1.48. The Hall–Kier alpha value is -4.14. The molecule has 0 aromatic heterocycles. The van der Waals surface area contributed by atoms with Crippen LogP contribution >= 0.6 is 27.7 Å². The van der Waals surface area contributed by atoms with Crippen LogP contribution in [0.2, 0.25) is 0 Å². The van der Waals surface area contributed by atoms with Gasteiger partial charge in [0.25, 0.3) is 11.8 Å². The zero-order valence-electron chi connectivity index (χ0n) is 22.0. The summed E-state index contributed by atoms with van der Waals surface area (Å²) in [4.78, 5) is 39.8. The van der Waals surface area contributed by atoms with E-state index in [9.17, 15) is 14.4 Å². The number of nitrogens with one attached hydrogen (secondary N) is 3. The molecular formula is C32H28BrN3O3S. The lowest BCUT2D eigenvalue weighted by Crippen LogP contribution is -2.30. The molecular weight excluding hydrogens is 586 g/mol. The summed E-state index contributed by atoms with van der Waals surface area (Å²) in [5.74, 6) is -0.977. The summed E-state index contributed by atoms with van der Waals surface area (Å²) in [6, 6.07) is 31.0. The number of rotatable bonds is 9. The Kier molecular flexibility index (Phi) is 9.94. The molecule has 0 bridgehead atoms. The zero-order chi connectivity index (χ0) is 28.5. The van der Waals surface area contributed by atoms with Crippen molar-refractivity contribution in [2.24, 2.45) is 0 Å². The van der Waals surface area contributed by atoms with E-state index in [1.165, 1.54) is 11.8 Å². The van der Waals surface area contributed by atoms with Gasteiger partial charge < -0.3 is 16.0 Å². The quantitative estimate of drug-likeness (QED) is 0.137. The minimum absolute atomic E-state index is 0.114. The van der Waals surface area contributed by atoms with E-state index in [4.69, 9.17) is 0 Å². The summed E-state index contributed by atoms with van der Waals surface area (Å²) in [5.41, 5.74) is 3.60. The number of halogens is 1. The van der Waals surface area contributed by atoms with Gasteiger partial charge in [0.2, 0.25) is 5.91 Å². The molecule has 0 heterocycles. The van der Waals surface area contributed by atoms with Crippen molar-refractivity contribution >= 4 is 62.9 Å². The number of thioether (sulfide) groups is 1. The van der Waals surface area contributed by atoms with Crippen molar-refractivity contribution in [3.63, 3.8) is 0 Å². The van der Waals surface area contributed by atoms with E-state index in [1.807, 2.05) is 80.6 Å². The fourth-order valence-electron chi connectivity index (χ4n) is 3.73. The van der Waals surface area contributed by atoms with Crippen LogP contribution < -0.4 is 16.0 Å². The largest absolute Gasteiger partial charge is 0.325 e. The molecule has 1 unspecified atom stereocenters. The number of amides is 3. The van der Waals surface area contributed by atoms with Gasteiger partial charge in [-0.2, -0.15) is 0 Å². The maximum Gasteiger partial charge on any atom is 0.272 e. The Bertz CT molecular complexity index is 1540. The summed E-state index contributed by atoms with van der Waals surface area (Å²) >= 11 is 4.77. The van der Waals surface area contributed by atoms with Gasteiger partial charge in [0.15, 0.2) is 0 Å². The van der Waals surface area contributed by atoms with Gasteiger partial charge in [-0.05, 0) is 85.6 Å². The van der Waals surface area contributed by atoms with Gasteiger partial charge in [0, 0.05) is 26.3 Å². The summed E-state index contributed by atoms with van der Waals surface area (Å²) in [6.07, 6.45) is 1.67. The number of carbonyl (C=O) groups excluding carboxylic acids is 3. The van der Waals surface area contributed by atoms with E-state index in [2.05, 4.69) is 31.9 Å². The second kappa shape index (κ2) is 13.8. The van der Waals surface area contributed by atoms with Crippen molar-refractivity contribution in [2.75, 3.05) is 10.6 Å². The van der Waals surface area contributed by atoms with E-state index in [0.717, 1.165) is 20.5 Å². The number of anilines is 2. The second-order valence-electron chi connectivity index (χ2n) is 8.97. The van der Waals surface area contributed by atoms with Crippen molar-refractivity contribution in [2.45, 2.75) is 24.0 Å². The smallest absolute Gasteiger partial charge is 0.272 e. The first-order valence-electron chi connectivity index (χ1n) is 12.6. The Morgan fingerprint density at radius 2 is 1.50 bits per heavy atom. The Morgan fingerprint density at radius 1 is 0.800 bits per heavy atom. The topological polar surface area (TPSA) is 87.3 Å². The molecule has 0 aliphatic rings. The number of hydrogen-bond acceptors (Lipinski definition) is 4. The molecule has 6 nitrogen and oxygen atoms in total. The molecule has 4 aromatic rings. The fraction of sp³-hybridized carbons (Fsp3) is 0.0938. The standard InChI is InChI=1S/C32H28BrN3O3S/c1-21-9-6-7-12-24(21)19-29(36-31(38)23-10-4-3-5-11-23)32(39)35-27-13-8-14-28(20-27)40-22(2)30(37)34-26-17-15-25(33)16-18-26/h3-20,22H,1-2H3,(H,34,37)(H,35,39)(H,36,38)/b29-19-. The SMILES string of the molecule is Cc1ccccc1/C=C(\NC(=O)c1ccccc1)C(=O)Nc1cccc(SC(C)C(=O)Nc2ccc(Br)cc2)c1. The number of aryl methyl sites for hydroxylation is 1. The van der Waals surface area contributed by atoms with Gasteiger partial charge in [0.05, 0.1) is 5.25 Å². The molecule has 3 amide bonds. The highest BCUT2D eigenvalue weighted by Crippen LogP contribution is 2.27. The van der Waals surface area contributed by atoms with Crippen LogP contribution in [-0.2, 0) is 9.59 Å². The van der Waals surface area contributed by atoms with Crippen LogP contribution in [-0.4, -0.2) is 23.0 Å². The molecule has 3 N–H and O–H groups in total. The van der Waals surface area contributed by atoms with Gasteiger partial charge in [-0.3, -0.25) is 14.4 Å². The first-order valence-corrected chi connectivity index (χ1v) is 14.2. The van der Waals surface area contributed by atoms with E-state index in [0.29, 0.717) is 16.9 Å². The van der Waals surface area contributed by atoms with Gasteiger partial charge in [0.1, 0.15) is 5.70 Å². The van der Waals surface area contributed by atoms with Crippen LogP contribution in [0.5, 0.6) is 0 Å². The van der Waals surface area contributed by atoms with E-state index >= 15 is 0 Å². The Morgan fingerprint density at radius 3 is 2.23 bits per heavy atom. The lowest BCUT2D eigenvalue weighted by Gasteiger charge is -2.14. The molecule has 1 atom stereocenters. The molecule has 8 heteroatoms. The second-order valence-corrected chi connectivity index (χ2v) is 11.3. The molecule has 0 spiro atoms. The highest BCUT2D eigenvalue weighted by Gasteiger charge is 2.17. The normalized spacial score (nSPS) is 11.8.